The Kier molecular flexibility index (Phi) is 5.93. The number of imidazole rings is 1. The molecule has 6 rings (SSSR count). The van der Waals surface area contributed by atoms with Gasteiger partial charge in [-0.15, -0.1) is 0 Å². The zero-order chi connectivity index (χ0) is 26.9. The second-order valence-electron chi connectivity index (χ2n) is 11.0. The molecule has 38 heavy (non-hydrogen) atoms. The Morgan fingerprint density at radius 2 is 1.95 bits per heavy atom. The Morgan fingerprint density at radius 1 is 1.21 bits per heavy atom. The molecule has 1 spiro atoms. The molecule has 1 amide bonds. The van der Waals surface area contributed by atoms with Crippen LogP contribution >= 0.6 is 11.6 Å². The van der Waals surface area contributed by atoms with Crippen molar-refractivity contribution in [3.05, 3.63) is 52.3 Å². The van der Waals surface area contributed by atoms with Crippen LogP contribution in [0.15, 0.2) is 30.3 Å². The first-order valence-corrected chi connectivity index (χ1v) is 13.1. The molecule has 7 nitrogen and oxygen atoms in total. The smallest absolute Gasteiger partial charge is 0.418 e. The van der Waals surface area contributed by atoms with Crippen LogP contribution in [0.2, 0.25) is 5.02 Å². The molecule has 11 heteroatoms. The average Bonchev–Trinajstić information content (AvgIpc) is 3.37. The van der Waals surface area contributed by atoms with Crippen LogP contribution < -0.4 is 10.1 Å². The van der Waals surface area contributed by atoms with Crippen LogP contribution in [0.1, 0.15) is 55.5 Å². The van der Waals surface area contributed by atoms with Gasteiger partial charge in [0.2, 0.25) is 5.91 Å². The number of nitrogens with one attached hydrogen (secondary N) is 2. The molecular formula is C27H28ClF3N4O3. The van der Waals surface area contributed by atoms with Gasteiger partial charge in [-0.05, 0) is 75.5 Å². The zero-order valence-corrected chi connectivity index (χ0v) is 21.5. The number of rotatable bonds is 5. The number of hydrogen-bond donors (Lipinski definition) is 3. The quantitative estimate of drug-likeness (QED) is 0.406. The fourth-order valence-corrected chi connectivity index (χ4v) is 6.31. The number of carbonyl (C=O) groups is 1. The molecule has 2 aliphatic heterocycles. The van der Waals surface area contributed by atoms with Gasteiger partial charge in [0, 0.05) is 29.2 Å². The first-order chi connectivity index (χ1) is 17.9. The fourth-order valence-electron chi connectivity index (χ4n) is 6.13. The third-order valence-electron chi connectivity index (χ3n) is 8.22. The van der Waals surface area contributed by atoms with Gasteiger partial charge in [0.1, 0.15) is 18.2 Å². The van der Waals surface area contributed by atoms with Gasteiger partial charge in [-0.3, -0.25) is 9.69 Å². The van der Waals surface area contributed by atoms with E-state index in [2.05, 4.69) is 20.2 Å². The molecule has 1 saturated heterocycles. The highest BCUT2D eigenvalue weighted by molar-refractivity contribution is 6.31. The summed E-state index contributed by atoms with van der Waals surface area (Å²) >= 11 is 6.19. The Morgan fingerprint density at radius 3 is 2.63 bits per heavy atom. The second kappa shape index (κ2) is 8.86. The van der Waals surface area contributed by atoms with Crippen LogP contribution in [0.25, 0.3) is 11.0 Å². The molecule has 1 aromatic heterocycles. The molecule has 2 fully saturated rings. The predicted molar refractivity (Wildman–Crippen MR) is 137 cm³/mol. The molecular weight excluding hydrogens is 521 g/mol. The molecule has 3 N–H and O–H groups in total. The summed E-state index contributed by atoms with van der Waals surface area (Å²) in [4.78, 5) is 22.2. The van der Waals surface area contributed by atoms with Crippen molar-refractivity contribution in [2.45, 2.75) is 55.7 Å². The van der Waals surface area contributed by atoms with E-state index in [1.165, 1.54) is 6.07 Å². The van der Waals surface area contributed by atoms with Crippen LogP contribution in [0.5, 0.6) is 5.75 Å². The highest BCUT2D eigenvalue weighted by Gasteiger charge is 2.48. The maximum atomic E-state index is 13.9. The van der Waals surface area contributed by atoms with Crippen molar-refractivity contribution < 1.29 is 27.8 Å². The van der Waals surface area contributed by atoms with E-state index in [0.717, 1.165) is 17.3 Å². The number of hydrogen-bond acceptors (Lipinski definition) is 5. The van der Waals surface area contributed by atoms with Gasteiger partial charge >= 0.3 is 6.18 Å². The second-order valence-corrected chi connectivity index (χ2v) is 11.4. The number of fused-ring (bicyclic) bond motifs is 3. The number of carbonyl (C=O) groups excluding carboxylic acids is 1. The SMILES string of the molecule is C[C@]1(O)C[C@@H](c2nc3cc(OCCN4CCC5(CC4)C(=O)Nc4ccc(Cl)cc45)cc(C(F)(F)F)c3[nH]2)C1. The number of halogens is 4. The maximum absolute atomic E-state index is 13.9. The fraction of sp³-hybridized carbons (Fsp3) is 0.481. The minimum absolute atomic E-state index is 0.0115. The number of alkyl halides is 3. The summed E-state index contributed by atoms with van der Waals surface area (Å²) in [6, 6.07) is 7.98. The monoisotopic (exact) mass is 548 g/mol. The van der Waals surface area contributed by atoms with Gasteiger partial charge in [-0.25, -0.2) is 4.98 Å². The van der Waals surface area contributed by atoms with Crippen molar-refractivity contribution in [3.63, 3.8) is 0 Å². The number of piperidine rings is 1. The molecule has 1 aliphatic carbocycles. The number of aliphatic hydroxyl groups is 1. The molecule has 0 atom stereocenters. The van der Waals surface area contributed by atoms with Crippen molar-refractivity contribution >= 4 is 34.2 Å². The Labute approximate surface area is 222 Å². The molecule has 1 saturated carbocycles. The molecule has 0 bridgehead atoms. The van der Waals surface area contributed by atoms with Gasteiger partial charge in [-0.2, -0.15) is 13.2 Å². The third kappa shape index (κ3) is 4.42. The lowest BCUT2D eigenvalue weighted by atomic mass is 9.72. The number of nitrogens with zero attached hydrogens (tertiary/aromatic N) is 2. The van der Waals surface area contributed by atoms with E-state index in [1.54, 1.807) is 13.0 Å². The van der Waals surface area contributed by atoms with Crippen molar-refractivity contribution in [1.29, 1.82) is 0 Å². The summed E-state index contributed by atoms with van der Waals surface area (Å²) < 4.78 is 47.3. The third-order valence-corrected chi connectivity index (χ3v) is 8.45. The Hall–Kier alpha value is -2.82. The van der Waals surface area contributed by atoms with E-state index in [4.69, 9.17) is 16.3 Å². The highest BCUT2D eigenvalue weighted by Crippen LogP contribution is 2.46. The first kappa shape index (κ1) is 25.5. The van der Waals surface area contributed by atoms with Crippen LogP contribution in [0.4, 0.5) is 18.9 Å². The molecule has 3 aromatic rings. The van der Waals surface area contributed by atoms with Crippen LogP contribution in [-0.4, -0.2) is 57.7 Å². The van der Waals surface area contributed by atoms with Crippen LogP contribution in [0.3, 0.4) is 0 Å². The number of amides is 1. The van der Waals surface area contributed by atoms with E-state index in [1.807, 2.05) is 12.1 Å². The van der Waals surface area contributed by atoms with Gasteiger partial charge in [-0.1, -0.05) is 11.6 Å². The lowest BCUT2D eigenvalue weighted by Gasteiger charge is -2.39. The van der Waals surface area contributed by atoms with E-state index in [9.17, 15) is 23.1 Å². The number of aromatic amines is 1. The summed E-state index contributed by atoms with van der Waals surface area (Å²) in [5, 5.41) is 13.6. The van der Waals surface area contributed by atoms with Gasteiger partial charge in [0.05, 0.1) is 27.6 Å². The van der Waals surface area contributed by atoms with Crippen molar-refractivity contribution in [2.24, 2.45) is 0 Å². The van der Waals surface area contributed by atoms with Gasteiger partial charge in [0.15, 0.2) is 0 Å². The molecule has 3 aliphatic rings. The Bertz CT molecular complexity index is 1400. The largest absolute Gasteiger partial charge is 0.492 e. The minimum Gasteiger partial charge on any atom is -0.492 e. The Balaban J connectivity index is 1.12. The number of likely N-dealkylation sites (tertiary alicyclic amines) is 1. The summed E-state index contributed by atoms with van der Waals surface area (Å²) in [6.45, 7) is 3.74. The van der Waals surface area contributed by atoms with E-state index < -0.39 is 22.8 Å². The number of benzene rings is 2. The van der Waals surface area contributed by atoms with Crippen LogP contribution in [0, 0.1) is 0 Å². The zero-order valence-electron chi connectivity index (χ0n) is 20.8. The average molecular weight is 549 g/mol. The molecule has 202 valence electrons. The lowest BCUT2D eigenvalue weighted by Crippen LogP contribution is -2.47. The van der Waals surface area contributed by atoms with Gasteiger partial charge < -0.3 is 20.1 Å². The normalized spacial score (nSPS) is 24.9. The number of ether oxygens (including phenoxy) is 1. The van der Waals surface area contributed by atoms with Gasteiger partial charge in [0.25, 0.3) is 0 Å². The topological polar surface area (TPSA) is 90.5 Å². The van der Waals surface area contributed by atoms with E-state index in [0.29, 0.717) is 56.2 Å². The molecule has 0 radical (unpaired) electrons. The molecule has 2 aromatic carbocycles. The van der Waals surface area contributed by atoms with E-state index >= 15 is 0 Å². The molecule has 0 unspecified atom stereocenters. The summed E-state index contributed by atoms with van der Waals surface area (Å²) in [5.74, 6) is 0.448. The van der Waals surface area contributed by atoms with Crippen molar-refractivity contribution in [3.8, 4) is 5.75 Å². The van der Waals surface area contributed by atoms with Crippen molar-refractivity contribution in [2.75, 3.05) is 31.6 Å². The molecule has 3 heterocycles. The van der Waals surface area contributed by atoms with Crippen LogP contribution in [-0.2, 0) is 16.4 Å². The van der Waals surface area contributed by atoms with Crippen molar-refractivity contribution in [1.82, 2.24) is 14.9 Å². The standard InChI is InChI=1S/C27H28ClF3N4O3/c1-25(37)13-15(14-25)23-32-21-12-17(11-19(22(21)34-23)27(29,30)31)38-9-8-35-6-4-26(5-7-35)18-10-16(28)2-3-20(18)33-24(26)36/h2-3,10-12,15,37H,4-9,13-14H2,1H3,(H,32,34)(H,33,36)/t15-,25+. The minimum atomic E-state index is -4.57. The summed E-state index contributed by atoms with van der Waals surface area (Å²) in [7, 11) is 0. The number of anilines is 1. The first-order valence-electron chi connectivity index (χ1n) is 12.7. The number of H-pyrrole nitrogens is 1. The summed E-state index contributed by atoms with van der Waals surface area (Å²) in [6.07, 6.45) is -2.42. The highest BCUT2D eigenvalue weighted by atomic mass is 35.5. The number of aromatic nitrogens is 2. The lowest BCUT2D eigenvalue weighted by molar-refractivity contribution is -0.136. The predicted octanol–water partition coefficient (Wildman–Crippen LogP) is 5.23. The maximum Gasteiger partial charge on any atom is 0.418 e. The van der Waals surface area contributed by atoms with E-state index in [-0.39, 0.29) is 35.2 Å². The summed E-state index contributed by atoms with van der Waals surface area (Å²) in [5.41, 5.74) is -0.366.